The first-order chi connectivity index (χ1) is 9.70. The number of rotatable bonds is 3. The smallest absolute Gasteiger partial charge is 0.295 e. The van der Waals surface area contributed by atoms with Crippen LogP contribution in [0.1, 0.15) is 5.56 Å². The predicted molar refractivity (Wildman–Crippen MR) is 74.9 cm³/mol. The van der Waals surface area contributed by atoms with Crippen LogP contribution in [0, 0.1) is 5.82 Å². The molecule has 2 rings (SSSR count). The first-order valence-corrected chi connectivity index (χ1v) is 7.94. The van der Waals surface area contributed by atoms with Crippen molar-refractivity contribution in [2.24, 2.45) is 0 Å². The number of nitrogens with one attached hydrogen (secondary N) is 1. The van der Waals surface area contributed by atoms with Crippen LogP contribution in [0.15, 0.2) is 38.8 Å². The van der Waals surface area contributed by atoms with Gasteiger partial charge in [0.1, 0.15) is 0 Å². The standard InChI is InChI=1S/C12H10ClFN2O4S/c1-21(19,20)8-4-2-7(3-5-8)6-16-11(17)9(14)10(13)15-12(16)18/h2-5H,6H2,1H3,(H,15,18). The number of sulfone groups is 1. The van der Waals surface area contributed by atoms with Gasteiger partial charge in [0.15, 0.2) is 15.0 Å². The lowest BCUT2D eigenvalue weighted by Crippen LogP contribution is -2.37. The van der Waals surface area contributed by atoms with Gasteiger partial charge in [-0.2, -0.15) is 4.39 Å². The molecule has 0 fully saturated rings. The summed E-state index contributed by atoms with van der Waals surface area (Å²) < 4.78 is 36.7. The molecule has 1 aromatic heterocycles. The molecule has 0 atom stereocenters. The highest BCUT2D eigenvalue weighted by Gasteiger charge is 2.13. The van der Waals surface area contributed by atoms with Crippen molar-refractivity contribution in [2.45, 2.75) is 11.4 Å². The Hall–Kier alpha value is -1.93. The van der Waals surface area contributed by atoms with E-state index < -0.39 is 32.1 Å². The van der Waals surface area contributed by atoms with Crippen LogP contribution < -0.4 is 11.2 Å². The summed E-state index contributed by atoms with van der Waals surface area (Å²) in [5.74, 6) is -1.25. The van der Waals surface area contributed by atoms with Crippen molar-refractivity contribution < 1.29 is 12.8 Å². The number of halogens is 2. The van der Waals surface area contributed by atoms with Crippen LogP contribution in [0.25, 0.3) is 0 Å². The van der Waals surface area contributed by atoms with Gasteiger partial charge in [0.05, 0.1) is 11.4 Å². The van der Waals surface area contributed by atoms with E-state index in [2.05, 4.69) is 0 Å². The molecule has 21 heavy (non-hydrogen) atoms. The molecule has 0 aliphatic heterocycles. The van der Waals surface area contributed by atoms with Gasteiger partial charge >= 0.3 is 5.69 Å². The second kappa shape index (κ2) is 5.45. The normalized spacial score (nSPS) is 11.6. The van der Waals surface area contributed by atoms with Crippen molar-refractivity contribution in [3.63, 3.8) is 0 Å². The highest BCUT2D eigenvalue weighted by atomic mass is 35.5. The first kappa shape index (κ1) is 15.5. The third kappa shape index (κ3) is 3.22. The predicted octanol–water partition coefficient (Wildman–Crippen LogP) is 0.781. The number of aromatic amines is 1. The molecule has 0 radical (unpaired) electrons. The van der Waals surface area contributed by atoms with Gasteiger partial charge in [-0.15, -0.1) is 0 Å². The quantitative estimate of drug-likeness (QED) is 0.841. The van der Waals surface area contributed by atoms with Crippen LogP contribution in [0.5, 0.6) is 0 Å². The number of hydrogen-bond donors (Lipinski definition) is 1. The Kier molecular flexibility index (Phi) is 4.02. The molecule has 0 amide bonds. The third-order valence-electron chi connectivity index (χ3n) is 2.78. The van der Waals surface area contributed by atoms with Crippen molar-refractivity contribution in [3.8, 4) is 0 Å². The van der Waals surface area contributed by atoms with Crippen molar-refractivity contribution in [1.29, 1.82) is 0 Å². The molecular weight excluding hydrogens is 323 g/mol. The summed E-state index contributed by atoms with van der Waals surface area (Å²) >= 11 is 5.35. The van der Waals surface area contributed by atoms with Crippen LogP contribution in [-0.4, -0.2) is 24.2 Å². The van der Waals surface area contributed by atoms with Crippen molar-refractivity contribution in [1.82, 2.24) is 9.55 Å². The lowest BCUT2D eigenvalue weighted by molar-refractivity contribution is 0.558. The molecule has 0 bridgehead atoms. The average Bonchev–Trinajstić information content (AvgIpc) is 2.41. The molecule has 0 saturated heterocycles. The summed E-state index contributed by atoms with van der Waals surface area (Å²) in [5.41, 5.74) is -1.52. The third-order valence-corrected chi connectivity index (χ3v) is 4.17. The molecule has 0 aliphatic carbocycles. The SMILES string of the molecule is CS(=O)(=O)c1ccc(Cn2c(=O)[nH]c(Cl)c(F)c2=O)cc1. The monoisotopic (exact) mass is 332 g/mol. The van der Waals surface area contributed by atoms with Gasteiger partial charge in [0.2, 0.25) is 5.82 Å². The summed E-state index contributed by atoms with van der Waals surface area (Å²) in [7, 11) is -3.33. The molecule has 1 heterocycles. The van der Waals surface area contributed by atoms with E-state index in [0.717, 1.165) is 6.26 Å². The molecule has 6 nitrogen and oxygen atoms in total. The van der Waals surface area contributed by atoms with E-state index in [1.54, 1.807) is 0 Å². The molecular formula is C12H10ClFN2O4S. The first-order valence-electron chi connectivity index (χ1n) is 5.67. The zero-order valence-corrected chi connectivity index (χ0v) is 12.3. The molecule has 2 aromatic rings. The molecule has 9 heteroatoms. The average molecular weight is 333 g/mol. The highest BCUT2D eigenvalue weighted by molar-refractivity contribution is 7.90. The summed E-state index contributed by atoms with van der Waals surface area (Å²) in [6, 6.07) is 5.57. The minimum atomic E-state index is -3.33. The molecule has 0 saturated carbocycles. The number of nitrogens with zero attached hydrogens (tertiary/aromatic N) is 1. The van der Waals surface area contributed by atoms with E-state index in [4.69, 9.17) is 11.6 Å². The molecule has 1 aromatic carbocycles. The maximum Gasteiger partial charge on any atom is 0.329 e. The minimum Gasteiger partial charge on any atom is -0.295 e. The maximum atomic E-state index is 13.4. The topological polar surface area (TPSA) is 89.0 Å². The van der Waals surface area contributed by atoms with Gasteiger partial charge in [-0.05, 0) is 17.7 Å². The second-order valence-corrected chi connectivity index (χ2v) is 6.76. The van der Waals surface area contributed by atoms with E-state index in [0.29, 0.717) is 10.1 Å². The molecule has 0 unspecified atom stereocenters. The van der Waals surface area contributed by atoms with Crippen LogP contribution in [-0.2, 0) is 16.4 Å². The van der Waals surface area contributed by atoms with Crippen LogP contribution in [0.2, 0.25) is 5.15 Å². The zero-order valence-electron chi connectivity index (χ0n) is 10.8. The Labute approximate surface area is 123 Å². The number of aromatic nitrogens is 2. The lowest BCUT2D eigenvalue weighted by atomic mass is 10.2. The van der Waals surface area contributed by atoms with E-state index in [1.807, 2.05) is 4.98 Å². The Morgan fingerprint density at radius 2 is 1.81 bits per heavy atom. The van der Waals surface area contributed by atoms with E-state index >= 15 is 0 Å². The summed E-state index contributed by atoms with van der Waals surface area (Å²) in [6.07, 6.45) is 1.06. The molecule has 0 aliphatic rings. The van der Waals surface area contributed by atoms with Crippen LogP contribution >= 0.6 is 11.6 Å². The second-order valence-electron chi connectivity index (χ2n) is 4.37. The molecule has 1 N–H and O–H groups in total. The van der Waals surface area contributed by atoms with Gasteiger partial charge in [-0.3, -0.25) is 14.3 Å². The highest BCUT2D eigenvalue weighted by Crippen LogP contribution is 2.11. The van der Waals surface area contributed by atoms with Gasteiger partial charge in [-0.1, -0.05) is 23.7 Å². The van der Waals surface area contributed by atoms with E-state index in [9.17, 15) is 22.4 Å². The largest absolute Gasteiger partial charge is 0.329 e. The van der Waals surface area contributed by atoms with Crippen LogP contribution in [0.4, 0.5) is 4.39 Å². The molecule has 0 spiro atoms. The van der Waals surface area contributed by atoms with Gasteiger partial charge in [0.25, 0.3) is 5.56 Å². The summed E-state index contributed by atoms with van der Waals surface area (Å²) in [5, 5.41) is -0.645. The Morgan fingerprint density at radius 1 is 1.24 bits per heavy atom. The Balaban J connectivity index is 2.42. The van der Waals surface area contributed by atoms with Crippen molar-refractivity contribution >= 4 is 21.4 Å². The number of benzene rings is 1. The molecule has 112 valence electrons. The summed E-state index contributed by atoms with van der Waals surface area (Å²) in [6.45, 7) is -0.202. The van der Waals surface area contributed by atoms with E-state index in [-0.39, 0.29) is 11.4 Å². The fourth-order valence-electron chi connectivity index (χ4n) is 1.69. The van der Waals surface area contributed by atoms with Gasteiger partial charge < -0.3 is 0 Å². The fourth-order valence-corrected chi connectivity index (χ4v) is 2.48. The Morgan fingerprint density at radius 3 is 2.33 bits per heavy atom. The van der Waals surface area contributed by atoms with E-state index in [1.165, 1.54) is 24.3 Å². The zero-order chi connectivity index (χ0) is 15.8. The van der Waals surface area contributed by atoms with Gasteiger partial charge in [-0.25, -0.2) is 13.2 Å². The fraction of sp³-hybridized carbons (Fsp3) is 0.167. The minimum absolute atomic E-state index is 0.106. The Bertz CT molecular complexity index is 900. The van der Waals surface area contributed by atoms with Gasteiger partial charge in [0, 0.05) is 6.26 Å². The number of hydrogen-bond acceptors (Lipinski definition) is 4. The number of H-pyrrole nitrogens is 1. The summed E-state index contributed by atoms with van der Waals surface area (Å²) in [4.78, 5) is 25.3. The lowest BCUT2D eigenvalue weighted by Gasteiger charge is -2.06. The van der Waals surface area contributed by atoms with Crippen molar-refractivity contribution in [3.05, 3.63) is 61.6 Å². The van der Waals surface area contributed by atoms with Crippen LogP contribution in [0.3, 0.4) is 0 Å². The maximum absolute atomic E-state index is 13.4. The van der Waals surface area contributed by atoms with Crippen molar-refractivity contribution in [2.75, 3.05) is 6.26 Å².